The Morgan fingerprint density at radius 2 is 1.89 bits per heavy atom. The number of morpholine rings is 1. The van der Waals surface area contributed by atoms with E-state index < -0.39 is 21.7 Å². The second-order valence-corrected chi connectivity index (χ2v) is 8.92. The van der Waals surface area contributed by atoms with Gasteiger partial charge in [0.15, 0.2) is 0 Å². The van der Waals surface area contributed by atoms with Crippen LogP contribution in [0.4, 0.5) is 8.78 Å². The maximum atomic E-state index is 13.6. The Morgan fingerprint density at radius 3 is 2.52 bits per heavy atom. The fraction of sp³-hybridized carbons (Fsp3) is 0.667. The molecule has 152 valence electrons. The molecular formula is C18H27F2N3O3S. The number of halogens is 2. The highest BCUT2D eigenvalue weighted by Crippen LogP contribution is 2.23. The molecule has 1 aromatic rings. The molecule has 2 aliphatic heterocycles. The van der Waals surface area contributed by atoms with Crippen molar-refractivity contribution in [3.8, 4) is 0 Å². The van der Waals surface area contributed by atoms with Crippen molar-refractivity contribution in [2.24, 2.45) is 0 Å². The van der Waals surface area contributed by atoms with E-state index >= 15 is 0 Å². The van der Waals surface area contributed by atoms with Crippen LogP contribution in [0, 0.1) is 11.6 Å². The first-order valence-corrected chi connectivity index (χ1v) is 10.9. The Kier molecular flexibility index (Phi) is 7.16. The van der Waals surface area contributed by atoms with Gasteiger partial charge in [0.05, 0.1) is 18.1 Å². The van der Waals surface area contributed by atoms with Crippen LogP contribution < -0.4 is 5.32 Å². The van der Waals surface area contributed by atoms with Gasteiger partial charge in [0.25, 0.3) is 0 Å². The number of piperidine rings is 1. The Labute approximate surface area is 159 Å². The monoisotopic (exact) mass is 403 g/mol. The number of nitrogens with zero attached hydrogens (tertiary/aromatic N) is 2. The van der Waals surface area contributed by atoms with Gasteiger partial charge in [0, 0.05) is 38.3 Å². The van der Waals surface area contributed by atoms with E-state index in [1.807, 2.05) is 0 Å². The number of rotatable bonds is 7. The molecular weight excluding hydrogens is 376 g/mol. The van der Waals surface area contributed by atoms with Gasteiger partial charge in [-0.25, -0.2) is 17.2 Å². The third-order valence-corrected chi connectivity index (χ3v) is 7.01. The molecule has 2 aliphatic rings. The van der Waals surface area contributed by atoms with Crippen molar-refractivity contribution in [1.29, 1.82) is 0 Å². The third kappa shape index (κ3) is 5.45. The van der Waals surface area contributed by atoms with Gasteiger partial charge in [-0.1, -0.05) is 0 Å². The normalized spacial score (nSPS) is 22.3. The lowest BCUT2D eigenvalue weighted by Crippen LogP contribution is -2.49. The van der Waals surface area contributed by atoms with Crippen LogP contribution in [0.15, 0.2) is 23.1 Å². The van der Waals surface area contributed by atoms with Crippen LogP contribution >= 0.6 is 0 Å². The summed E-state index contributed by atoms with van der Waals surface area (Å²) in [4.78, 5) is 1.92. The molecule has 6 nitrogen and oxygen atoms in total. The average molecular weight is 403 g/mol. The van der Waals surface area contributed by atoms with E-state index in [0.717, 1.165) is 51.2 Å². The molecule has 0 aliphatic carbocycles. The third-order valence-electron chi connectivity index (χ3n) is 5.08. The molecule has 1 aromatic carbocycles. The average Bonchev–Trinajstić information content (AvgIpc) is 2.66. The first-order chi connectivity index (χ1) is 13.0. The summed E-state index contributed by atoms with van der Waals surface area (Å²) in [5.74, 6) is -1.77. The predicted octanol–water partition coefficient (Wildman–Crippen LogP) is 1.43. The molecule has 1 atom stereocenters. The number of sulfonamides is 1. The maximum absolute atomic E-state index is 13.6. The summed E-state index contributed by atoms with van der Waals surface area (Å²) in [5.41, 5.74) is 0. The van der Waals surface area contributed by atoms with Crippen molar-refractivity contribution in [3.05, 3.63) is 29.8 Å². The minimum atomic E-state index is -3.98. The minimum absolute atomic E-state index is 0.209. The van der Waals surface area contributed by atoms with Crippen LogP contribution in [-0.4, -0.2) is 76.1 Å². The van der Waals surface area contributed by atoms with Crippen LogP contribution in [0.2, 0.25) is 0 Å². The topological polar surface area (TPSA) is 61.9 Å². The van der Waals surface area contributed by atoms with Crippen molar-refractivity contribution in [2.75, 3.05) is 52.5 Å². The number of hydrogen-bond acceptors (Lipinski definition) is 5. The molecule has 0 spiro atoms. The molecule has 2 saturated heterocycles. The van der Waals surface area contributed by atoms with Gasteiger partial charge in [-0.15, -0.1) is 0 Å². The van der Waals surface area contributed by atoms with Crippen molar-refractivity contribution >= 4 is 10.0 Å². The summed E-state index contributed by atoms with van der Waals surface area (Å²) in [5, 5.41) is 3.22. The lowest BCUT2D eigenvalue weighted by molar-refractivity contribution is 0.0365. The van der Waals surface area contributed by atoms with Crippen molar-refractivity contribution < 1.29 is 21.9 Å². The van der Waals surface area contributed by atoms with Gasteiger partial charge in [-0.2, -0.15) is 4.31 Å². The van der Waals surface area contributed by atoms with Gasteiger partial charge in [0.1, 0.15) is 11.6 Å². The van der Waals surface area contributed by atoms with E-state index in [-0.39, 0.29) is 10.9 Å². The predicted molar refractivity (Wildman–Crippen MR) is 98.0 cm³/mol. The largest absolute Gasteiger partial charge is 0.379 e. The number of benzene rings is 1. The molecule has 27 heavy (non-hydrogen) atoms. The van der Waals surface area contributed by atoms with Gasteiger partial charge < -0.3 is 10.1 Å². The molecule has 1 N–H and O–H groups in total. The van der Waals surface area contributed by atoms with Crippen LogP contribution in [0.3, 0.4) is 0 Å². The minimum Gasteiger partial charge on any atom is -0.379 e. The van der Waals surface area contributed by atoms with Gasteiger partial charge in [0.2, 0.25) is 10.0 Å². The molecule has 0 saturated carbocycles. The second kappa shape index (κ2) is 9.38. The highest BCUT2D eigenvalue weighted by molar-refractivity contribution is 7.89. The van der Waals surface area contributed by atoms with E-state index in [9.17, 15) is 17.2 Å². The highest BCUT2D eigenvalue weighted by Gasteiger charge is 2.32. The van der Waals surface area contributed by atoms with Gasteiger partial charge in [-0.05, 0) is 44.5 Å². The van der Waals surface area contributed by atoms with Crippen LogP contribution in [0.25, 0.3) is 0 Å². The Morgan fingerprint density at radius 1 is 1.19 bits per heavy atom. The standard InChI is InChI=1S/C18H27F2N3O3S/c19-15-11-16(20)13-18(12-15)27(24,25)23(17-3-1-4-21-14-17)6-2-5-22-7-9-26-10-8-22/h11-13,17,21H,1-10,14H2. The van der Waals surface area contributed by atoms with Gasteiger partial charge >= 0.3 is 0 Å². The molecule has 1 unspecified atom stereocenters. The summed E-state index contributed by atoms with van der Waals surface area (Å²) < 4.78 is 60.3. The summed E-state index contributed by atoms with van der Waals surface area (Å²) >= 11 is 0. The molecule has 2 heterocycles. The lowest BCUT2D eigenvalue weighted by atomic mass is 10.1. The smallest absolute Gasteiger partial charge is 0.243 e. The van der Waals surface area contributed by atoms with E-state index in [0.29, 0.717) is 38.8 Å². The number of nitrogens with one attached hydrogen (secondary N) is 1. The molecule has 3 rings (SSSR count). The zero-order valence-electron chi connectivity index (χ0n) is 15.4. The van der Waals surface area contributed by atoms with Crippen LogP contribution in [-0.2, 0) is 14.8 Å². The first kappa shape index (κ1) is 20.6. The molecule has 2 fully saturated rings. The summed E-state index contributed by atoms with van der Waals surface area (Å²) in [6.07, 6.45) is 2.27. The van der Waals surface area contributed by atoms with Crippen LogP contribution in [0.5, 0.6) is 0 Å². The van der Waals surface area contributed by atoms with Crippen molar-refractivity contribution in [3.63, 3.8) is 0 Å². The summed E-state index contributed by atoms with van der Waals surface area (Å²) in [7, 11) is -3.98. The van der Waals surface area contributed by atoms with E-state index in [4.69, 9.17) is 4.74 Å². The molecule has 0 radical (unpaired) electrons. The quantitative estimate of drug-likeness (QED) is 0.746. The first-order valence-electron chi connectivity index (χ1n) is 9.45. The molecule has 0 bridgehead atoms. The van der Waals surface area contributed by atoms with Crippen molar-refractivity contribution in [2.45, 2.75) is 30.2 Å². The zero-order valence-corrected chi connectivity index (χ0v) is 16.2. The number of ether oxygens (including phenoxy) is 1. The van der Waals surface area contributed by atoms with Gasteiger partial charge in [-0.3, -0.25) is 4.90 Å². The number of hydrogen-bond donors (Lipinski definition) is 1. The Hall–Kier alpha value is -1.13. The molecule has 0 aromatic heterocycles. The highest BCUT2D eigenvalue weighted by atomic mass is 32.2. The van der Waals surface area contributed by atoms with Crippen LogP contribution in [0.1, 0.15) is 19.3 Å². The Balaban J connectivity index is 1.75. The van der Waals surface area contributed by atoms with E-state index in [1.165, 1.54) is 4.31 Å². The van der Waals surface area contributed by atoms with E-state index in [2.05, 4.69) is 10.2 Å². The summed E-state index contributed by atoms with van der Waals surface area (Å²) in [6.45, 7) is 5.56. The lowest BCUT2D eigenvalue weighted by Gasteiger charge is -2.34. The second-order valence-electron chi connectivity index (χ2n) is 7.03. The molecule has 0 amide bonds. The zero-order chi connectivity index (χ0) is 19.3. The van der Waals surface area contributed by atoms with Crippen molar-refractivity contribution in [1.82, 2.24) is 14.5 Å². The Bertz CT molecular complexity index is 700. The summed E-state index contributed by atoms with van der Waals surface area (Å²) in [6, 6.07) is 2.26. The molecule has 9 heteroatoms. The van der Waals surface area contributed by atoms with E-state index in [1.54, 1.807) is 0 Å². The maximum Gasteiger partial charge on any atom is 0.243 e. The SMILES string of the molecule is O=S(=O)(c1cc(F)cc(F)c1)N(CCCN1CCOCC1)C1CCCNC1. The fourth-order valence-corrected chi connectivity index (χ4v) is 5.40. The fourth-order valence-electron chi connectivity index (χ4n) is 3.67.